The lowest BCUT2D eigenvalue weighted by molar-refractivity contribution is -0.126. The first kappa shape index (κ1) is 68.0. The quantitative estimate of drug-likeness (QED) is 0.0499. The zero-order valence-corrected chi connectivity index (χ0v) is 56.6. The van der Waals surface area contributed by atoms with E-state index < -0.39 is 17.7 Å². The molecule has 3 aromatic heterocycles. The molecule has 23 heteroatoms. The number of ether oxygens (including phenoxy) is 3. The Hall–Kier alpha value is -11.6. The second-order valence-electron chi connectivity index (χ2n) is 27.1. The van der Waals surface area contributed by atoms with Crippen LogP contribution in [0.25, 0.3) is 33.8 Å². The number of likely N-dealkylation sites (tertiary alicyclic amines) is 3. The molecule has 10 N–H and O–H groups in total. The van der Waals surface area contributed by atoms with E-state index in [1.165, 1.54) is 29.6 Å². The maximum Gasteiger partial charge on any atom is 0.261 e. The van der Waals surface area contributed by atoms with Crippen LogP contribution in [0.1, 0.15) is 111 Å². The molecule has 3 spiro atoms. The smallest absolute Gasteiger partial charge is 0.261 e. The van der Waals surface area contributed by atoms with Gasteiger partial charge in [-0.25, -0.2) is 14.3 Å². The van der Waals surface area contributed by atoms with Gasteiger partial charge in [-0.2, -0.15) is 10.2 Å². The SMILES string of the molecule is C=CC(=O)N1CCC2(CC(c3nc(-c4ccc(Oc5ccccc5)cc4)c(C(N)=O)s3)C2)C1.C=CC(=O)N1CCC2(CC(n3nc(-c4ccc(Oc5ccccc5)cc4)c(C(N)=O)c3N)C2)C1.C=CC(=O)N1CCC2(CC(n3nc(-c4ccc(Oc5ccccc5)cc4)c(C(N)=O)c3N)C2)C1. The van der Waals surface area contributed by atoms with Crippen molar-refractivity contribution in [1.29, 1.82) is 0 Å². The van der Waals surface area contributed by atoms with Crippen molar-refractivity contribution < 1.29 is 43.0 Å². The first-order valence-electron chi connectivity index (χ1n) is 33.6. The van der Waals surface area contributed by atoms with Crippen molar-refractivity contribution in [2.75, 3.05) is 50.7 Å². The molecule has 6 amide bonds. The lowest BCUT2D eigenvalue weighted by Crippen LogP contribution is -2.42. The number of nitrogens with zero attached hydrogens (tertiary/aromatic N) is 8. The van der Waals surface area contributed by atoms with Crippen LogP contribution in [0.2, 0.25) is 0 Å². The number of thiazole rings is 1. The Kier molecular flexibility index (Phi) is 19.1. The van der Waals surface area contributed by atoms with Gasteiger partial charge in [0, 0.05) is 61.9 Å². The van der Waals surface area contributed by atoms with Crippen molar-refractivity contribution >= 4 is 58.4 Å². The summed E-state index contributed by atoms with van der Waals surface area (Å²) in [4.78, 5) is 83.5. The average Bonchev–Trinajstić information content (AvgIpc) is 1.61. The van der Waals surface area contributed by atoms with Crippen LogP contribution in [0, 0.1) is 16.2 Å². The predicted octanol–water partition coefficient (Wildman–Crippen LogP) is 12.5. The molecule has 3 aliphatic carbocycles. The molecule has 101 heavy (non-hydrogen) atoms. The van der Waals surface area contributed by atoms with Crippen LogP contribution in [-0.2, 0) is 14.4 Å². The van der Waals surface area contributed by atoms with E-state index in [2.05, 4.69) is 19.7 Å². The molecule has 9 aromatic rings. The van der Waals surface area contributed by atoms with Gasteiger partial charge in [0.15, 0.2) is 0 Å². The molecule has 0 atom stereocenters. The van der Waals surface area contributed by atoms with Crippen LogP contribution in [-0.4, -0.2) is 114 Å². The molecule has 3 saturated heterocycles. The molecule has 6 fully saturated rings. The Morgan fingerprint density at radius 2 is 0.733 bits per heavy atom. The number of anilines is 2. The number of nitrogen functional groups attached to an aromatic ring is 2. The molecule has 0 radical (unpaired) electrons. The Labute approximate surface area is 588 Å². The Bertz CT molecular complexity index is 4420. The summed E-state index contributed by atoms with van der Waals surface area (Å²) in [5, 5.41) is 10.4. The highest BCUT2D eigenvalue weighted by Gasteiger charge is 2.53. The molecular weight excluding hydrogens is 1300 g/mol. The largest absolute Gasteiger partial charge is 0.457 e. The first-order chi connectivity index (χ1) is 48.7. The van der Waals surface area contributed by atoms with E-state index in [0.29, 0.717) is 58.2 Å². The van der Waals surface area contributed by atoms with E-state index in [-0.39, 0.29) is 68.8 Å². The standard InChI is InChI=1S/2C26H27N5O3.C26H25N3O3S/c2*1-2-21(32)30-13-12-26(16-30)14-18(15-26)31-24(27)22(25(28)33)23(29-31)17-8-10-20(11-9-17)34-19-6-4-3-5-7-19;1-2-21(30)29-13-12-26(16-29)14-18(15-26)25-28-22(23(33-25)24(27)31)17-8-10-20(11-9-17)32-19-6-4-3-5-7-19/h2*2-11,18H,1,12-16,27H2,(H2,28,33);2-11,18H,1,12-16H2,(H2,27,31). The van der Waals surface area contributed by atoms with Gasteiger partial charge >= 0.3 is 0 Å². The van der Waals surface area contributed by atoms with Crippen molar-refractivity contribution in [3.8, 4) is 68.3 Å². The predicted molar refractivity (Wildman–Crippen MR) is 387 cm³/mol. The van der Waals surface area contributed by atoms with Gasteiger partial charge in [-0.15, -0.1) is 11.3 Å². The van der Waals surface area contributed by atoms with E-state index >= 15 is 0 Å². The number of carbonyl (C=O) groups excluding carboxylic acids is 6. The van der Waals surface area contributed by atoms with Gasteiger partial charge in [0.05, 0.1) is 22.8 Å². The van der Waals surface area contributed by atoms with Crippen LogP contribution in [0.15, 0.2) is 202 Å². The number of carbonyl (C=O) groups is 6. The number of primary amides is 3. The minimum Gasteiger partial charge on any atom is -0.457 e. The van der Waals surface area contributed by atoms with E-state index in [9.17, 15) is 28.8 Å². The molecule has 6 aromatic carbocycles. The first-order valence-corrected chi connectivity index (χ1v) is 34.5. The normalized spacial score (nSPS) is 21.4. The highest BCUT2D eigenvalue weighted by atomic mass is 32.1. The van der Waals surface area contributed by atoms with E-state index in [0.717, 1.165) is 123 Å². The lowest BCUT2D eigenvalue weighted by Gasteiger charge is -2.45. The molecule has 6 heterocycles. The second kappa shape index (κ2) is 28.3. The third kappa shape index (κ3) is 14.2. The van der Waals surface area contributed by atoms with Gasteiger partial charge < -0.3 is 57.6 Å². The van der Waals surface area contributed by atoms with E-state index in [1.54, 1.807) is 9.36 Å². The zero-order valence-electron chi connectivity index (χ0n) is 55.8. The number of hydrogen-bond acceptors (Lipinski definition) is 15. The maximum atomic E-state index is 12.3. The summed E-state index contributed by atoms with van der Waals surface area (Å²) in [6, 6.07) is 50.9. The summed E-state index contributed by atoms with van der Waals surface area (Å²) >= 11 is 1.39. The minimum absolute atomic E-state index is 0.00238. The summed E-state index contributed by atoms with van der Waals surface area (Å²) < 4.78 is 21.0. The molecule has 6 aliphatic rings. The summed E-state index contributed by atoms with van der Waals surface area (Å²) in [6.07, 6.45) is 12.4. The van der Waals surface area contributed by atoms with Crippen LogP contribution in [0.3, 0.4) is 0 Å². The molecule has 0 bridgehead atoms. The summed E-state index contributed by atoms with van der Waals surface area (Å²) in [5.74, 6) is 3.40. The third-order valence-electron chi connectivity index (χ3n) is 20.4. The van der Waals surface area contributed by atoms with Crippen LogP contribution in [0.5, 0.6) is 34.5 Å². The van der Waals surface area contributed by atoms with Crippen molar-refractivity contribution in [3.63, 3.8) is 0 Å². The Balaban J connectivity index is 0.000000135. The molecule has 3 saturated carbocycles. The fourth-order valence-corrected chi connectivity index (χ4v) is 16.3. The number of hydrogen-bond donors (Lipinski definition) is 5. The van der Waals surface area contributed by atoms with E-state index in [1.807, 2.05) is 178 Å². The Morgan fingerprint density at radius 3 is 1.04 bits per heavy atom. The molecule has 3 aliphatic heterocycles. The zero-order chi connectivity index (χ0) is 70.7. The Morgan fingerprint density at radius 1 is 0.426 bits per heavy atom. The van der Waals surface area contributed by atoms with Gasteiger partial charge in [0.25, 0.3) is 17.7 Å². The monoisotopic (exact) mass is 1370 g/mol. The highest BCUT2D eigenvalue weighted by molar-refractivity contribution is 7.14. The average molecular weight is 1370 g/mol. The van der Waals surface area contributed by atoms with Crippen molar-refractivity contribution in [1.82, 2.24) is 39.2 Å². The number of nitrogens with two attached hydrogens (primary N) is 5. The minimum atomic E-state index is -0.610. The molecule has 516 valence electrons. The fourth-order valence-electron chi connectivity index (χ4n) is 15.3. The fraction of sp³-hybridized carbons (Fsp3) is 0.269. The van der Waals surface area contributed by atoms with Gasteiger partial charge in [-0.1, -0.05) is 74.3 Å². The van der Waals surface area contributed by atoms with Gasteiger partial charge in [0.2, 0.25) is 17.7 Å². The number of benzene rings is 6. The van der Waals surface area contributed by atoms with Crippen molar-refractivity contribution in [2.45, 2.75) is 75.8 Å². The summed E-state index contributed by atoms with van der Waals surface area (Å²) in [6.45, 7) is 15.2. The maximum absolute atomic E-state index is 12.3. The van der Waals surface area contributed by atoms with Crippen molar-refractivity contribution in [3.05, 3.63) is 223 Å². The second-order valence-corrected chi connectivity index (χ2v) is 28.1. The van der Waals surface area contributed by atoms with Gasteiger partial charge in [-0.05, 0) is 201 Å². The third-order valence-corrected chi connectivity index (χ3v) is 21.7. The van der Waals surface area contributed by atoms with Gasteiger partial charge in [-0.3, -0.25) is 28.8 Å². The van der Waals surface area contributed by atoms with Crippen LogP contribution >= 0.6 is 11.3 Å². The van der Waals surface area contributed by atoms with Crippen LogP contribution in [0.4, 0.5) is 11.6 Å². The lowest BCUT2D eigenvalue weighted by atomic mass is 9.61. The van der Waals surface area contributed by atoms with Gasteiger partial charge in [0.1, 0.15) is 73.5 Å². The number of aromatic nitrogens is 5. The van der Waals surface area contributed by atoms with E-state index in [4.69, 9.17) is 58.1 Å². The molecule has 15 rings (SSSR count). The number of para-hydroxylation sites is 3. The summed E-state index contributed by atoms with van der Waals surface area (Å²) in [7, 11) is 0. The topological polar surface area (TPSA) is 318 Å². The molecule has 22 nitrogen and oxygen atoms in total. The van der Waals surface area contributed by atoms with Crippen LogP contribution < -0.4 is 42.9 Å². The molecule has 0 unspecified atom stereocenters. The summed E-state index contributed by atoms with van der Waals surface area (Å²) in [5.41, 5.74) is 34.4. The number of rotatable bonds is 18. The number of amides is 6. The molecular formula is C78H79N13O9S. The van der Waals surface area contributed by atoms with Crippen molar-refractivity contribution in [2.24, 2.45) is 33.4 Å². The highest BCUT2D eigenvalue weighted by Crippen LogP contribution is 2.58.